The number of hydrogen-bond acceptors (Lipinski definition) is 6. The first-order valence-electron chi connectivity index (χ1n) is 10.6. The Morgan fingerprint density at radius 3 is 1.75 bits per heavy atom. The summed E-state index contributed by atoms with van der Waals surface area (Å²) in [5.41, 5.74) is 1.32. The number of aromatic nitrogens is 1. The van der Waals surface area contributed by atoms with Gasteiger partial charge in [-0.05, 0) is 42.5 Å². The fourth-order valence-electron chi connectivity index (χ4n) is 3.99. The molecule has 2 saturated heterocycles. The van der Waals surface area contributed by atoms with E-state index in [4.69, 9.17) is 24.2 Å². The molecule has 0 saturated carbocycles. The van der Waals surface area contributed by atoms with Crippen LogP contribution in [0.3, 0.4) is 0 Å². The molecule has 14 heteroatoms. The molecule has 2 atom stereocenters. The Labute approximate surface area is 202 Å². The number of rotatable bonds is 4. The van der Waals surface area contributed by atoms with Crippen LogP contribution in [-0.4, -0.2) is 75.5 Å². The molecule has 4 heterocycles. The number of nitrogens with zero attached hydrogens (tertiary/aromatic N) is 3. The number of fused-ring (bicyclic) bond motifs is 1. The number of aliphatic carboxylic acids is 2. The van der Waals surface area contributed by atoms with E-state index in [1.54, 1.807) is 0 Å². The molecule has 0 radical (unpaired) electrons. The number of aryl methyl sites for hydroxylation is 1. The molecule has 2 unspecified atom stereocenters. The van der Waals surface area contributed by atoms with Crippen LogP contribution in [0.2, 0.25) is 0 Å². The highest BCUT2D eigenvalue weighted by Gasteiger charge is 2.40. The summed E-state index contributed by atoms with van der Waals surface area (Å²) in [6.45, 7) is 8.85. The van der Waals surface area contributed by atoms with Crippen molar-refractivity contribution in [3.8, 4) is 0 Å². The summed E-state index contributed by atoms with van der Waals surface area (Å²) in [6, 6.07) is 8.37. The van der Waals surface area contributed by atoms with Crippen LogP contribution in [0.25, 0.3) is 0 Å². The van der Waals surface area contributed by atoms with Gasteiger partial charge in [0, 0.05) is 45.1 Å². The summed E-state index contributed by atoms with van der Waals surface area (Å²) in [5.74, 6) is -1.78. The van der Waals surface area contributed by atoms with Crippen LogP contribution in [0, 0.1) is 18.8 Å². The van der Waals surface area contributed by atoms with Gasteiger partial charge in [-0.15, -0.1) is 0 Å². The van der Waals surface area contributed by atoms with Crippen molar-refractivity contribution in [1.82, 2.24) is 14.8 Å². The second-order valence-electron chi connectivity index (χ2n) is 8.39. The molecule has 0 bridgehead atoms. The summed E-state index contributed by atoms with van der Waals surface area (Å²) in [5, 5.41) is 14.2. The Balaban J connectivity index is 0.000000271. The quantitative estimate of drug-likeness (QED) is 0.581. The van der Waals surface area contributed by atoms with E-state index in [2.05, 4.69) is 33.0 Å². The summed E-state index contributed by atoms with van der Waals surface area (Å²) in [7, 11) is 0. The molecule has 0 aliphatic carbocycles. The van der Waals surface area contributed by atoms with E-state index in [9.17, 15) is 26.3 Å². The van der Waals surface area contributed by atoms with Crippen molar-refractivity contribution in [3.05, 3.63) is 53.7 Å². The molecule has 200 valence electrons. The SMILES string of the molecule is Cc1ccc(CN2CC3CN(Cc4cccnc4)CC3C2)o1.O=C(O)C(F)(F)F.O=C(O)C(F)(F)F. The lowest BCUT2D eigenvalue weighted by Gasteiger charge is -2.20. The minimum absolute atomic E-state index is 0.813. The fraction of sp³-hybridized carbons (Fsp3) is 0.500. The molecule has 36 heavy (non-hydrogen) atoms. The smallest absolute Gasteiger partial charge is 0.475 e. The van der Waals surface area contributed by atoms with Crippen molar-refractivity contribution in [1.29, 1.82) is 0 Å². The van der Waals surface area contributed by atoms with Crippen LogP contribution in [0.4, 0.5) is 26.3 Å². The van der Waals surface area contributed by atoms with Crippen LogP contribution < -0.4 is 0 Å². The highest BCUT2D eigenvalue weighted by Crippen LogP contribution is 2.32. The zero-order valence-electron chi connectivity index (χ0n) is 19.1. The summed E-state index contributed by atoms with van der Waals surface area (Å²) >= 11 is 0. The molecule has 2 aromatic rings. The summed E-state index contributed by atoms with van der Waals surface area (Å²) < 4.78 is 69.2. The Morgan fingerprint density at radius 2 is 1.39 bits per heavy atom. The second kappa shape index (κ2) is 12.2. The lowest BCUT2D eigenvalue weighted by Crippen LogP contribution is -2.28. The highest BCUT2D eigenvalue weighted by molar-refractivity contribution is 5.73. The second-order valence-corrected chi connectivity index (χ2v) is 8.39. The van der Waals surface area contributed by atoms with Gasteiger partial charge in [-0.3, -0.25) is 14.8 Å². The number of furan rings is 1. The minimum atomic E-state index is -5.08. The maximum absolute atomic E-state index is 10.6. The van der Waals surface area contributed by atoms with E-state index in [0.29, 0.717) is 0 Å². The van der Waals surface area contributed by atoms with Crippen LogP contribution in [0.5, 0.6) is 0 Å². The van der Waals surface area contributed by atoms with Gasteiger partial charge in [0.15, 0.2) is 0 Å². The van der Waals surface area contributed by atoms with Gasteiger partial charge in [0.25, 0.3) is 0 Å². The molecule has 2 N–H and O–H groups in total. The molecule has 8 nitrogen and oxygen atoms in total. The highest BCUT2D eigenvalue weighted by atomic mass is 19.4. The Kier molecular flexibility index (Phi) is 9.87. The number of carboxylic acids is 2. The molecule has 0 amide bonds. The van der Waals surface area contributed by atoms with Gasteiger partial charge < -0.3 is 14.6 Å². The first-order valence-corrected chi connectivity index (χ1v) is 10.6. The lowest BCUT2D eigenvalue weighted by atomic mass is 10.0. The third kappa shape index (κ3) is 9.49. The predicted octanol–water partition coefficient (Wildman–Crippen LogP) is 3.81. The van der Waals surface area contributed by atoms with Gasteiger partial charge >= 0.3 is 24.3 Å². The average molecular weight is 525 g/mol. The van der Waals surface area contributed by atoms with Crippen LogP contribution >= 0.6 is 0 Å². The number of alkyl halides is 6. The average Bonchev–Trinajstić information content (AvgIpc) is 3.43. The summed E-state index contributed by atoms with van der Waals surface area (Å²) in [6.07, 6.45) is -6.34. The van der Waals surface area contributed by atoms with E-state index < -0.39 is 24.3 Å². The monoisotopic (exact) mass is 525 g/mol. The zero-order valence-corrected chi connectivity index (χ0v) is 19.1. The minimum Gasteiger partial charge on any atom is -0.475 e. The van der Waals surface area contributed by atoms with E-state index in [1.165, 1.54) is 31.7 Å². The number of halogens is 6. The van der Waals surface area contributed by atoms with E-state index in [1.807, 2.05) is 25.4 Å². The van der Waals surface area contributed by atoms with Crippen molar-refractivity contribution in [2.75, 3.05) is 26.2 Å². The van der Waals surface area contributed by atoms with Gasteiger partial charge in [0.05, 0.1) is 6.54 Å². The van der Waals surface area contributed by atoms with Gasteiger partial charge in [-0.25, -0.2) is 9.59 Å². The van der Waals surface area contributed by atoms with Gasteiger partial charge in [-0.1, -0.05) is 6.07 Å². The topological polar surface area (TPSA) is 107 Å². The van der Waals surface area contributed by atoms with Crippen molar-refractivity contribution in [3.63, 3.8) is 0 Å². The molecule has 2 aromatic heterocycles. The first-order chi connectivity index (χ1) is 16.6. The van der Waals surface area contributed by atoms with Gasteiger partial charge in [0.2, 0.25) is 0 Å². The molecule has 4 rings (SSSR count). The number of carboxylic acid groups (broad SMARTS) is 2. The normalized spacial score (nSPS) is 20.1. The number of hydrogen-bond donors (Lipinski definition) is 2. The Bertz CT molecular complexity index is 958. The predicted molar refractivity (Wildman–Crippen MR) is 113 cm³/mol. The third-order valence-electron chi connectivity index (χ3n) is 5.43. The van der Waals surface area contributed by atoms with E-state index in [-0.39, 0.29) is 0 Å². The molecule has 0 aromatic carbocycles. The largest absolute Gasteiger partial charge is 0.490 e. The maximum Gasteiger partial charge on any atom is 0.490 e. The maximum atomic E-state index is 10.6. The molecule has 2 aliphatic rings. The van der Waals surface area contributed by atoms with Crippen molar-refractivity contribution >= 4 is 11.9 Å². The molecular weight excluding hydrogens is 500 g/mol. The fourth-order valence-corrected chi connectivity index (χ4v) is 3.99. The Hall–Kier alpha value is -3.13. The lowest BCUT2D eigenvalue weighted by molar-refractivity contribution is -0.193. The van der Waals surface area contributed by atoms with Gasteiger partial charge in [0.1, 0.15) is 11.5 Å². The summed E-state index contributed by atoms with van der Waals surface area (Å²) in [4.78, 5) is 27.1. The van der Waals surface area contributed by atoms with Crippen LogP contribution in [0.15, 0.2) is 41.1 Å². The van der Waals surface area contributed by atoms with Crippen molar-refractivity contribution < 1.29 is 50.6 Å². The van der Waals surface area contributed by atoms with Crippen molar-refractivity contribution in [2.24, 2.45) is 11.8 Å². The van der Waals surface area contributed by atoms with Crippen LogP contribution in [-0.2, 0) is 22.7 Å². The third-order valence-corrected chi connectivity index (χ3v) is 5.43. The first kappa shape index (κ1) is 29.1. The zero-order chi connectivity index (χ0) is 27.1. The number of carbonyl (C=O) groups is 2. The van der Waals surface area contributed by atoms with Gasteiger partial charge in [-0.2, -0.15) is 26.3 Å². The van der Waals surface area contributed by atoms with Crippen LogP contribution in [0.1, 0.15) is 17.1 Å². The van der Waals surface area contributed by atoms with E-state index in [0.717, 1.165) is 36.4 Å². The standard InChI is InChI=1S/C18H23N3O.2C2HF3O2/c1-14-4-5-18(22-14)13-21-11-16-9-20(10-17(16)12-21)8-15-3-2-6-19-7-15;2*3-2(4,5)1(6)7/h2-7,16-17H,8-13H2,1H3;2*(H,6,7). The molecule has 0 spiro atoms. The van der Waals surface area contributed by atoms with Crippen molar-refractivity contribution in [2.45, 2.75) is 32.4 Å². The van der Waals surface area contributed by atoms with E-state index >= 15 is 0 Å². The number of pyridine rings is 1. The molecule has 2 fully saturated rings. The molecule has 2 aliphatic heterocycles. The molecular formula is C22H25F6N3O5. The Morgan fingerprint density at radius 1 is 0.917 bits per heavy atom. The number of likely N-dealkylation sites (tertiary alicyclic amines) is 2.